The fourth-order valence-electron chi connectivity index (χ4n) is 1.75. The van der Waals surface area contributed by atoms with E-state index in [1.165, 1.54) is 0 Å². The number of benzene rings is 1. The standard InChI is InChI=1S/C14H19BrN2O4/c1-21-8-2-7-16-12(14(19)20)9-13(18)17-11-5-3-10(15)4-6-11/h3-6,12,16H,2,7-9H2,1H3,(H,17,18)(H,19,20)/t12-/m0/s1. The molecule has 0 spiro atoms. The number of carboxylic acids is 1. The Bertz CT molecular complexity index is 465. The first kappa shape index (κ1) is 17.6. The van der Waals surface area contributed by atoms with Crippen molar-refractivity contribution >= 4 is 33.5 Å². The largest absolute Gasteiger partial charge is 0.544 e. The van der Waals surface area contributed by atoms with Gasteiger partial charge >= 0.3 is 0 Å². The Kier molecular flexibility index (Phi) is 7.96. The van der Waals surface area contributed by atoms with E-state index in [2.05, 4.69) is 21.2 Å². The Hall–Kier alpha value is -1.44. The highest BCUT2D eigenvalue weighted by Crippen LogP contribution is 2.14. The predicted octanol–water partition coefficient (Wildman–Crippen LogP) is -0.504. The first-order valence-corrected chi connectivity index (χ1v) is 7.40. The van der Waals surface area contributed by atoms with Crippen LogP contribution in [0, 0.1) is 0 Å². The van der Waals surface area contributed by atoms with Crippen molar-refractivity contribution in [3.8, 4) is 0 Å². The van der Waals surface area contributed by atoms with Crippen LogP contribution in [0.2, 0.25) is 0 Å². The van der Waals surface area contributed by atoms with Crippen LogP contribution in [-0.4, -0.2) is 38.2 Å². The number of quaternary nitrogens is 1. The molecule has 1 aromatic rings. The topological polar surface area (TPSA) is 95.1 Å². The minimum atomic E-state index is -1.24. The summed E-state index contributed by atoms with van der Waals surface area (Å²) in [5.74, 6) is -1.59. The minimum Gasteiger partial charge on any atom is -0.544 e. The van der Waals surface area contributed by atoms with E-state index in [0.717, 1.165) is 4.47 Å². The summed E-state index contributed by atoms with van der Waals surface area (Å²) in [5.41, 5.74) is 0.625. The van der Waals surface area contributed by atoms with Crippen LogP contribution in [0.25, 0.3) is 0 Å². The number of nitrogens with two attached hydrogens (primary N) is 1. The molecule has 116 valence electrons. The van der Waals surface area contributed by atoms with E-state index >= 15 is 0 Å². The first-order valence-electron chi connectivity index (χ1n) is 6.61. The highest BCUT2D eigenvalue weighted by Gasteiger charge is 2.18. The number of hydrogen-bond donors (Lipinski definition) is 2. The molecular formula is C14H19BrN2O4. The molecule has 0 fully saturated rings. The molecule has 0 aromatic heterocycles. The van der Waals surface area contributed by atoms with Gasteiger partial charge in [0.1, 0.15) is 6.04 Å². The van der Waals surface area contributed by atoms with Gasteiger partial charge in [0.25, 0.3) is 0 Å². The van der Waals surface area contributed by atoms with Crippen molar-refractivity contribution in [1.82, 2.24) is 0 Å². The number of carboxylic acid groups (broad SMARTS) is 1. The van der Waals surface area contributed by atoms with E-state index in [0.29, 0.717) is 25.3 Å². The van der Waals surface area contributed by atoms with Crippen LogP contribution in [-0.2, 0) is 14.3 Å². The fourth-order valence-corrected chi connectivity index (χ4v) is 2.02. The first-order chi connectivity index (χ1) is 10.0. The van der Waals surface area contributed by atoms with Gasteiger partial charge in [-0.3, -0.25) is 4.79 Å². The van der Waals surface area contributed by atoms with E-state index in [1.807, 2.05) is 0 Å². The number of hydrogen-bond acceptors (Lipinski definition) is 4. The number of carbonyl (C=O) groups is 2. The lowest BCUT2D eigenvalue weighted by Gasteiger charge is -2.16. The molecule has 3 N–H and O–H groups in total. The number of nitrogens with one attached hydrogen (secondary N) is 1. The number of rotatable bonds is 9. The number of halogens is 1. The third-order valence-corrected chi connectivity index (χ3v) is 3.37. The average Bonchev–Trinajstić information content (AvgIpc) is 2.44. The van der Waals surface area contributed by atoms with Crippen molar-refractivity contribution in [3.05, 3.63) is 28.7 Å². The Labute approximate surface area is 132 Å². The van der Waals surface area contributed by atoms with Crippen LogP contribution in [0.3, 0.4) is 0 Å². The quantitative estimate of drug-likeness (QED) is 0.581. The molecule has 0 aliphatic rings. The fraction of sp³-hybridized carbons (Fsp3) is 0.429. The van der Waals surface area contributed by atoms with E-state index in [1.54, 1.807) is 36.7 Å². The summed E-state index contributed by atoms with van der Waals surface area (Å²) in [6, 6.07) is 6.17. The number of carbonyl (C=O) groups excluding carboxylic acids is 2. The lowest BCUT2D eigenvalue weighted by molar-refractivity contribution is -0.682. The molecule has 0 radical (unpaired) electrons. The van der Waals surface area contributed by atoms with Gasteiger partial charge in [0.15, 0.2) is 0 Å². The summed E-state index contributed by atoms with van der Waals surface area (Å²) in [4.78, 5) is 22.9. The summed E-state index contributed by atoms with van der Waals surface area (Å²) >= 11 is 3.30. The molecule has 0 saturated carbocycles. The van der Waals surface area contributed by atoms with Gasteiger partial charge in [0.05, 0.1) is 25.5 Å². The van der Waals surface area contributed by atoms with Crippen molar-refractivity contribution in [1.29, 1.82) is 0 Å². The third kappa shape index (κ3) is 7.22. The Morgan fingerprint density at radius 1 is 1.38 bits per heavy atom. The second kappa shape index (κ2) is 9.49. The van der Waals surface area contributed by atoms with Gasteiger partial charge in [0, 0.05) is 23.7 Å². The SMILES string of the molecule is COCCC[NH2+][C@@H](CC(=O)Nc1ccc(Br)cc1)C(=O)[O-]. The molecule has 21 heavy (non-hydrogen) atoms. The molecule has 0 saturated heterocycles. The van der Waals surface area contributed by atoms with Crippen LogP contribution < -0.4 is 15.7 Å². The smallest absolute Gasteiger partial charge is 0.230 e. The third-order valence-electron chi connectivity index (χ3n) is 2.84. The lowest BCUT2D eigenvalue weighted by atomic mass is 10.2. The molecule has 0 unspecified atom stereocenters. The second-order valence-electron chi connectivity index (χ2n) is 4.56. The van der Waals surface area contributed by atoms with Gasteiger partial charge in [-0.05, 0) is 24.3 Å². The number of amides is 1. The van der Waals surface area contributed by atoms with E-state index < -0.39 is 12.0 Å². The zero-order valence-electron chi connectivity index (χ0n) is 11.8. The molecule has 7 heteroatoms. The van der Waals surface area contributed by atoms with Crippen molar-refractivity contribution in [2.45, 2.75) is 18.9 Å². The van der Waals surface area contributed by atoms with E-state index in [9.17, 15) is 14.7 Å². The van der Waals surface area contributed by atoms with Crippen molar-refractivity contribution in [3.63, 3.8) is 0 Å². The predicted molar refractivity (Wildman–Crippen MR) is 79.5 cm³/mol. The number of ether oxygens (including phenoxy) is 1. The van der Waals surface area contributed by atoms with Gasteiger partial charge in [0.2, 0.25) is 5.91 Å². The molecule has 0 bridgehead atoms. The zero-order valence-corrected chi connectivity index (χ0v) is 13.4. The van der Waals surface area contributed by atoms with Crippen LogP contribution in [0.15, 0.2) is 28.7 Å². The second-order valence-corrected chi connectivity index (χ2v) is 5.47. The summed E-state index contributed by atoms with van der Waals surface area (Å²) in [6.45, 7) is 1.12. The summed E-state index contributed by atoms with van der Waals surface area (Å²) in [7, 11) is 1.59. The number of methoxy groups -OCH3 is 1. The molecular weight excluding hydrogens is 340 g/mol. The Morgan fingerprint density at radius 3 is 2.62 bits per heavy atom. The molecule has 1 aromatic carbocycles. The van der Waals surface area contributed by atoms with Gasteiger partial charge < -0.3 is 25.3 Å². The van der Waals surface area contributed by atoms with Crippen LogP contribution >= 0.6 is 15.9 Å². The van der Waals surface area contributed by atoms with Gasteiger partial charge in [-0.1, -0.05) is 15.9 Å². The Balaban J connectivity index is 2.44. The van der Waals surface area contributed by atoms with Gasteiger partial charge in [-0.2, -0.15) is 0 Å². The Morgan fingerprint density at radius 2 is 2.05 bits per heavy atom. The summed E-state index contributed by atoms with van der Waals surface area (Å²) < 4.78 is 5.79. The molecule has 0 aliphatic carbocycles. The molecule has 0 heterocycles. The maximum Gasteiger partial charge on any atom is 0.230 e. The van der Waals surface area contributed by atoms with Gasteiger partial charge in [-0.25, -0.2) is 0 Å². The van der Waals surface area contributed by atoms with Gasteiger partial charge in [-0.15, -0.1) is 0 Å². The maximum atomic E-state index is 11.8. The average molecular weight is 359 g/mol. The van der Waals surface area contributed by atoms with Crippen molar-refractivity contribution in [2.75, 3.05) is 25.6 Å². The maximum absolute atomic E-state index is 11.8. The van der Waals surface area contributed by atoms with Crippen LogP contribution in [0.4, 0.5) is 5.69 Å². The highest BCUT2D eigenvalue weighted by atomic mass is 79.9. The van der Waals surface area contributed by atoms with Crippen LogP contribution in [0.5, 0.6) is 0 Å². The molecule has 0 aliphatic heterocycles. The summed E-state index contributed by atoms with van der Waals surface area (Å²) in [5, 5.41) is 15.3. The molecule has 1 atom stereocenters. The van der Waals surface area contributed by atoms with Crippen LogP contribution in [0.1, 0.15) is 12.8 Å². The van der Waals surface area contributed by atoms with E-state index in [-0.39, 0.29) is 12.3 Å². The van der Waals surface area contributed by atoms with Crippen molar-refractivity contribution in [2.24, 2.45) is 0 Å². The molecule has 1 amide bonds. The lowest BCUT2D eigenvalue weighted by Crippen LogP contribution is -2.93. The number of anilines is 1. The summed E-state index contributed by atoms with van der Waals surface area (Å²) in [6.07, 6.45) is 0.583. The minimum absolute atomic E-state index is 0.134. The number of aliphatic carboxylic acids is 1. The zero-order chi connectivity index (χ0) is 15.7. The normalized spacial score (nSPS) is 11.9. The molecule has 1 rings (SSSR count). The van der Waals surface area contributed by atoms with Crippen molar-refractivity contribution < 1.29 is 24.7 Å². The van der Waals surface area contributed by atoms with E-state index in [4.69, 9.17) is 4.74 Å². The highest BCUT2D eigenvalue weighted by molar-refractivity contribution is 9.10. The molecule has 6 nitrogen and oxygen atoms in total. The monoisotopic (exact) mass is 358 g/mol.